The fourth-order valence-corrected chi connectivity index (χ4v) is 3.01. The molecular formula is C23H25NO2. The van der Waals surface area contributed by atoms with Crippen molar-refractivity contribution in [2.75, 3.05) is 12.4 Å². The molecule has 0 heterocycles. The number of nitrogens with one attached hydrogen (secondary N) is 1. The average Bonchev–Trinajstić information content (AvgIpc) is 2.68. The molecule has 0 aliphatic heterocycles. The van der Waals surface area contributed by atoms with Crippen molar-refractivity contribution in [2.24, 2.45) is 0 Å². The number of phenols is 1. The highest BCUT2D eigenvalue weighted by Crippen LogP contribution is 2.31. The van der Waals surface area contributed by atoms with Crippen molar-refractivity contribution in [1.82, 2.24) is 0 Å². The van der Waals surface area contributed by atoms with Crippen LogP contribution in [0.4, 0.5) is 5.69 Å². The Balaban J connectivity index is 1.70. The fourth-order valence-electron chi connectivity index (χ4n) is 3.01. The first kappa shape index (κ1) is 17.9. The SMILES string of the molecule is COc1ccc(-c2ccccc2)cc1N[C@H](C)CCc1ccc(O)cc1. The van der Waals surface area contributed by atoms with Crippen molar-refractivity contribution < 1.29 is 9.84 Å². The summed E-state index contributed by atoms with van der Waals surface area (Å²) in [6.45, 7) is 2.18. The van der Waals surface area contributed by atoms with Crippen molar-refractivity contribution >= 4 is 5.69 Å². The van der Waals surface area contributed by atoms with Crippen molar-refractivity contribution in [3.8, 4) is 22.6 Å². The van der Waals surface area contributed by atoms with Gasteiger partial charge in [0.1, 0.15) is 11.5 Å². The van der Waals surface area contributed by atoms with Gasteiger partial charge in [-0.1, -0.05) is 48.5 Å². The Hall–Kier alpha value is -2.94. The Morgan fingerprint density at radius 2 is 1.65 bits per heavy atom. The number of benzene rings is 3. The molecule has 0 spiro atoms. The van der Waals surface area contributed by atoms with Gasteiger partial charge in [0.05, 0.1) is 12.8 Å². The molecule has 0 radical (unpaired) electrons. The summed E-state index contributed by atoms with van der Waals surface area (Å²) in [5, 5.41) is 13.0. The van der Waals surface area contributed by atoms with E-state index in [2.05, 4.69) is 36.5 Å². The van der Waals surface area contributed by atoms with Crippen LogP contribution in [0.1, 0.15) is 18.9 Å². The molecule has 0 fully saturated rings. The maximum Gasteiger partial charge on any atom is 0.141 e. The second-order valence-electron chi connectivity index (χ2n) is 6.53. The number of ether oxygens (including phenoxy) is 1. The fraction of sp³-hybridized carbons (Fsp3) is 0.217. The number of phenolic OH excluding ortho intramolecular Hbond substituents is 1. The molecular weight excluding hydrogens is 322 g/mol. The van der Waals surface area contributed by atoms with Crippen LogP contribution in [0.5, 0.6) is 11.5 Å². The van der Waals surface area contributed by atoms with E-state index in [0.29, 0.717) is 11.8 Å². The number of rotatable bonds is 7. The molecule has 26 heavy (non-hydrogen) atoms. The van der Waals surface area contributed by atoms with Gasteiger partial charge in [-0.2, -0.15) is 0 Å². The van der Waals surface area contributed by atoms with Gasteiger partial charge in [-0.25, -0.2) is 0 Å². The highest BCUT2D eigenvalue weighted by molar-refractivity contribution is 5.72. The van der Waals surface area contributed by atoms with Gasteiger partial charge < -0.3 is 15.2 Å². The molecule has 3 heteroatoms. The van der Waals surface area contributed by atoms with Crippen LogP contribution in [-0.2, 0) is 6.42 Å². The molecule has 0 aliphatic carbocycles. The zero-order valence-electron chi connectivity index (χ0n) is 15.3. The first-order valence-electron chi connectivity index (χ1n) is 8.93. The number of aromatic hydroxyl groups is 1. The number of hydrogen-bond acceptors (Lipinski definition) is 3. The summed E-state index contributed by atoms with van der Waals surface area (Å²) in [5.41, 5.74) is 4.59. The molecule has 1 atom stereocenters. The van der Waals surface area contributed by atoms with Crippen molar-refractivity contribution in [1.29, 1.82) is 0 Å². The first-order chi connectivity index (χ1) is 12.7. The van der Waals surface area contributed by atoms with Gasteiger partial charge in [-0.05, 0) is 60.7 Å². The van der Waals surface area contributed by atoms with Gasteiger partial charge in [0.15, 0.2) is 0 Å². The van der Waals surface area contributed by atoms with E-state index in [1.54, 1.807) is 19.2 Å². The van der Waals surface area contributed by atoms with Gasteiger partial charge in [0, 0.05) is 6.04 Å². The molecule has 134 valence electrons. The van der Waals surface area contributed by atoms with Crippen molar-refractivity contribution in [2.45, 2.75) is 25.8 Å². The Morgan fingerprint density at radius 3 is 2.35 bits per heavy atom. The lowest BCUT2D eigenvalue weighted by Gasteiger charge is -2.19. The Morgan fingerprint density at radius 1 is 0.923 bits per heavy atom. The molecule has 0 unspecified atom stereocenters. The summed E-state index contributed by atoms with van der Waals surface area (Å²) in [6, 6.07) is 24.3. The van der Waals surface area contributed by atoms with E-state index in [0.717, 1.165) is 24.3 Å². The largest absolute Gasteiger partial charge is 0.508 e. The third-order valence-electron chi connectivity index (χ3n) is 4.51. The van der Waals surface area contributed by atoms with E-state index >= 15 is 0 Å². The van der Waals surface area contributed by atoms with Crippen molar-refractivity contribution in [3.63, 3.8) is 0 Å². The zero-order chi connectivity index (χ0) is 18.4. The smallest absolute Gasteiger partial charge is 0.141 e. The maximum atomic E-state index is 9.38. The number of anilines is 1. The number of aryl methyl sites for hydroxylation is 1. The molecule has 0 aromatic heterocycles. The number of methoxy groups -OCH3 is 1. The molecule has 3 aromatic rings. The molecule has 0 bridgehead atoms. The molecule has 3 aromatic carbocycles. The summed E-state index contributed by atoms with van der Waals surface area (Å²) in [5.74, 6) is 1.16. The number of hydrogen-bond donors (Lipinski definition) is 2. The molecule has 0 aliphatic rings. The summed E-state index contributed by atoms with van der Waals surface area (Å²) >= 11 is 0. The monoisotopic (exact) mass is 347 g/mol. The van der Waals surface area contributed by atoms with Crippen LogP contribution < -0.4 is 10.1 Å². The van der Waals surface area contributed by atoms with E-state index in [9.17, 15) is 5.11 Å². The van der Waals surface area contributed by atoms with Crippen LogP contribution >= 0.6 is 0 Å². The quantitative estimate of drug-likeness (QED) is 0.593. The van der Waals surface area contributed by atoms with Gasteiger partial charge >= 0.3 is 0 Å². The van der Waals surface area contributed by atoms with Crippen molar-refractivity contribution in [3.05, 3.63) is 78.4 Å². The minimum absolute atomic E-state index is 0.295. The van der Waals surface area contributed by atoms with Gasteiger partial charge in [-0.15, -0.1) is 0 Å². The molecule has 3 nitrogen and oxygen atoms in total. The lowest BCUT2D eigenvalue weighted by atomic mass is 10.0. The Kier molecular flexibility index (Phi) is 5.80. The lowest BCUT2D eigenvalue weighted by Crippen LogP contribution is -2.16. The predicted octanol–water partition coefficient (Wildman–Crippen LogP) is 5.50. The molecule has 2 N–H and O–H groups in total. The molecule has 3 rings (SSSR count). The van der Waals surface area contributed by atoms with Crippen LogP contribution in [0.15, 0.2) is 72.8 Å². The highest BCUT2D eigenvalue weighted by atomic mass is 16.5. The Bertz CT molecular complexity index is 829. The topological polar surface area (TPSA) is 41.5 Å². The lowest BCUT2D eigenvalue weighted by molar-refractivity contribution is 0.416. The molecule has 0 saturated carbocycles. The normalized spacial score (nSPS) is 11.8. The third-order valence-corrected chi connectivity index (χ3v) is 4.51. The standard InChI is InChI=1S/C23H25NO2/c1-17(8-9-18-10-13-21(25)14-11-18)24-22-16-20(12-15-23(22)26-2)19-6-4-3-5-7-19/h3-7,10-17,24-25H,8-9H2,1-2H3/t17-/m1/s1. The van der Waals surface area contributed by atoms with E-state index in [1.165, 1.54) is 16.7 Å². The third kappa shape index (κ3) is 4.57. The van der Waals surface area contributed by atoms with Crippen LogP contribution in [-0.4, -0.2) is 18.3 Å². The summed E-state index contributed by atoms with van der Waals surface area (Å²) in [7, 11) is 1.70. The summed E-state index contributed by atoms with van der Waals surface area (Å²) in [6.07, 6.45) is 1.94. The van der Waals surface area contributed by atoms with Crippen LogP contribution in [0.2, 0.25) is 0 Å². The van der Waals surface area contributed by atoms with E-state index in [1.807, 2.05) is 36.4 Å². The molecule has 0 amide bonds. The van der Waals surface area contributed by atoms with Gasteiger partial charge in [0.2, 0.25) is 0 Å². The predicted molar refractivity (Wildman–Crippen MR) is 108 cm³/mol. The van der Waals surface area contributed by atoms with E-state index in [4.69, 9.17) is 4.74 Å². The zero-order valence-corrected chi connectivity index (χ0v) is 15.3. The second kappa shape index (κ2) is 8.43. The van der Waals surface area contributed by atoms with Gasteiger partial charge in [0.25, 0.3) is 0 Å². The van der Waals surface area contributed by atoms with Crippen LogP contribution in [0.25, 0.3) is 11.1 Å². The summed E-state index contributed by atoms with van der Waals surface area (Å²) < 4.78 is 5.52. The van der Waals surface area contributed by atoms with Crippen LogP contribution in [0, 0.1) is 0 Å². The highest BCUT2D eigenvalue weighted by Gasteiger charge is 2.09. The van der Waals surface area contributed by atoms with E-state index in [-0.39, 0.29) is 0 Å². The second-order valence-corrected chi connectivity index (χ2v) is 6.53. The first-order valence-corrected chi connectivity index (χ1v) is 8.93. The minimum Gasteiger partial charge on any atom is -0.508 e. The average molecular weight is 347 g/mol. The van der Waals surface area contributed by atoms with Gasteiger partial charge in [-0.3, -0.25) is 0 Å². The van der Waals surface area contributed by atoms with Crippen LogP contribution in [0.3, 0.4) is 0 Å². The molecule has 0 saturated heterocycles. The van der Waals surface area contributed by atoms with E-state index < -0.39 is 0 Å². The minimum atomic E-state index is 0.295. The Labute approximate surface area is 155 Å². The maximum absolute atomic E-state index is 9.38. The summed E-state index contributed by atoms with van der Waals surface area (Å²) in [4.78, 5) is 0.